The van der Waals surface area contributed by atoms with Crippen LogP contribution in [-0.4, -0.2) is 30.2 Å². The van der Waals surface area contributed by atoms with Gasteiger partial charge in [-0.1, -0.05) is 12.1 Å². The van der Waals surface area contributed by atoms with E-state index in [4.69, 9.17) is 4.74 Å². The Morgan fingerprint density at radius 3 is 2.20 bits per heavy atom. The number of nitro groups is 1. The zero-order valence-corrected chi connectivity index (χ0v) is 23.5. The van der Waals surface area contributed by atoms with Gasteiger partial charge in [0.05, 0.1) is 40.1 Å². The predicted molar refractivity (Wildman–Crippen MR) is 158 cm³/mol. The van der Waals surface area contributed by atoms with Crippen molar-refractivity contribution in [3.8, 4) is 22.6 Å². The number of hydrogen-bond donors (Lipinski definition) is 3. The highest BCUT2D eigenvalue weighted by atomic mass is 19.4. The van der Waals surface area contributed by atoms with Crippen molar-refractivity contribution in [1.82, 2.24) is 0 Å². The molecule has 0 spiro atoms. The van der Waals surface area contributed by atoms with Gasteiger partial charge in [0.25, 0.3) is 5.91 Å². The maximum absolute atomic E-state index is 13.2. The maximum Gasteiger partial charge on any atom is 0.573 e. The molecule has 0 bridgehead atoms. The van der Waals surface area contributed by atoms with Crippen molar-refractivity contribution in [1.29, 1.82) is 0 Å². The third-order valence-electron chi connectivity index (χ3n) is 7.15. The van der Waals surface area contributed by atoms with E-state index in [1.807, 2.05) is 0 Å². The fraction of sp³-hybridized carbons (Fsp3) is 0.161. The van der Waals surface area contributed by atoms with Gasteiger partial charge >= 0.3 is 12.0 Å². The molecule has 13 heteroatoms. The highest BCUT2D eigenvalue weighted by molar-refractivity contribution is 6.12. The van der Waals surface area contributed by atoms with Gasteiger partial charge in [-0.2, -0.15) is 0 Å². The number of alkyl halides is 3. The van der Waals surface area contributed by atoms with Gasteiger partial charge in [0.2, 0.25) is 5.91 Å². The fourth-order valence-corrected chi connectivity index (χ4v) is 4.67. The second-order valence-corrected chi connectivity index (χ2v) is 10.4. The molecule has 44 heavy (non-hydrogen) atoms. The van der Waals surface area contributed by atoms with E-state index >= 15 is 0 Å². The molecular formula is C31H25F3N4O6. The summed E-state index contributed by atoms with van der Waals surface area (Å²) in [5.41, 5.74) is 2.75. The quantitative estimate of drug-likeness (QED) is 0.148. The number of methoxy groups -OCH3 is 1. The van der Waals surface area contributed by atoms with Crippen LogP contribution in [-0.2, 0) is 10.2 Å². The van der Waals surface area contributed by atoms with Gasteiger partial charge in [-0.25, -0.2) is 0 Å². The smallest absolute Gasteiger partial charge is 0.490 e. The van der Waals surface area contributed by atoms with E-state index in [0.717, 1.165) is 12.1 Å². The van der Waals surface area contributed by atoms with E-state index in [1.165, 1.54) is 25.3 Å². The molecule has 0 saturated heterocycles. The van der Waals surface area contributed by atoms with Crippen molar-refractivity contribution in [3.63, 3.8) is 0 Å². The average Bonchev–Trinajstić information content (AvgIpc) is 3.11. The molecule has 0 radical (unpaired) electrons. The summed E-state index contributed by atoms with van der Waals surface area (Å²) in [6.45, 7) is 3.35. The molecule has 0 aliphatic carbocycles. The van der Waals surface area contributed by atoms with Crippen LogP contribution in [0.4, 0.5) is 41.6 Å². The molecular weight excluding hydrogens is 581 g/mol. The summed E-state index contributed by atoms with van der Waals surface area (Å²) in [4.78, 5) is 37.2. The molecule has 0 atom stereocenters. The first-order valence-corrected chi connectivity index (χ1v) is 13.1. The Balaban J connectivity index is 1.38. The van der Waals surface area contributed by atoms with Gasteiger partial charge < -0.3 is 25.4 Å². The molecule has 1 heterocycles. The Labute approximate surface area is 249 Å². The van der Waals surface area contributed by atoms with E-state index in [9.17, 15) is 32.9 Å². The summed E-state index contributed by atoms with van der Waals surface area (Å²) in [5.74, 6) is -1.13. The van der Waals surface area contributed by atoms with Crippen molar-refractivity contribution in [2.24, 2.45) is 0 Å². The van der Waals surface area contributed by atoms with E-state index < -0.39 is 28.4 Å². The number of nitrogens with one attached hydrogen (secondary N) is 3. The third kappa shape index (κ3) is 6.11. The molecule has 226 valence electrons. The molecule has 1 aliphatic heterocycles. The van der Waals surface area contributed by atoms with Crippen LogP contribution in [0.2, 0.25) is 0 Å². The molecule has 4 aromatic carbocycles. The maximum atomic E-state index is 13.2. The highest BCUT2D eigenvalue weighted by Gasteiger charge is 2.33. The number of ether oxygens (including phenoxy) is 2. The van der Waals surface area contributed by atoms with Crippen molar-refractivity contribution >= 4 is 40.3 Å². The summed E-state index contributed by atoms with van der Waals surface area (Å²) in [6, 6.07) is 19.5. The van der Waals surface area contributed by atoms with Gasteiger partial charge in [-0.15, -0.1) is 13.2 Å². The Kier molecular flexibility index (Phi) is 7.64. The zero-order chi connectivity index (χ0) is 31.8. The molecule has 0 saturated carbocycles. The topological polar surface area (TPSA) is 132 Å². The lowest BCUT2D eigenvalue weighted by molar-refractivity contribution is -0.385. The van der Waals surface area contributed by atoms with Gasteiger partial charge in [-0.05, 0) is 91.2 Å². The number of nitrogens with zero attached hydrogens (tertiary/aromatic N) is 1. The lowest BCUT2D eigenvalue weighted by Gasteiger charge is -2.25. The van der Waals surface area contributed by atoms with Crippen LogP contribution in [0.1, 0.15) is 29.8 Å². The number of carbonyl (C=O) groups excluding carboxylic acids is 2. The number of halogens is 3. The minimum atomic E-state index is -4.83. The molecule has 5 rings (SSSR count). The van der Waals surface area contributed by atoms with Crippen LogP contribution in [0.5, 0.6) is 11.5 Å². The minimum absolute atomic E-state index is 0.102. The molecule has 1 aliphatic rings. The predicted octanol–water partition coefficient (Wildman–Crippen LogP) is 7.39. The number of carbonyl (C=O) groups is 2. The summed E-state index contributed by atoms with van der Waals surface area (Å²) in [6.07, 6.45) is -4.83. The average molecular weight is 607 g/mol. The monoisotopic (exact) mass is 606 g/mol. The second-order valence-electron chi connectivity index (χ2n) is 10.4. The molecule has 2 amide bonds. The first-order valence-electron chi connectivity index (χ1n) is 13.1. The normalized spacial score (nSPS) is 12.5. The molecule has 0 aromatic heterocycles. The number of fused-ring (bicyclic) bond motifs is 2. The third-order valence-corrected chi connectivity index (χ3v) is 7.15. The van der Waals surface area contributed by atoms with Crippen molar-refractivity contribution in [3.05, 3.63) is 100 Å². The minimum Gasteiger partial charge on any atom is -0.490 e. The van der Waals surface area contributed by atoms with E-state index in [0.29, 0.717) is 39.3 Å². The van der Waals surface area contributed by atoms with Crippen molar-refractivity contribution < 1.29 is 37.2 Å². The number of anilines is 4. The summed E-state index contributed by atoms with van der Waals surface area (Å²) < 4.78 is 46.4. The van der Waals surface area contributed by atoms with Crippen LogP contribution in [0.3, 0.4) is 0 Å². The summed E-state index contributed by atoms with van der Waals surface area (Å²) in [7, 11) is 1.35. The first-order chi connectivity index (χ1) is 20.7. The van der Waals surface area contributed by atoms with Gasteiger partial charge in [0.1, 0.15) is 5.75 Å². The number of rotatable bonds is 7. The van der Waals surface area contributed by atoms with Gasteiger partial charge in [0, 0.05) is 11.8 Å². The SMILES string of the molecule is COc1cc(-c2ccc3c(c2)Nc2ccc(C(C)(C)C(=O)Nc4ccc(OC(F)(F)F)cc4)cc2NC3=O)ccc1[N+](=O)[O-]. The van der Waals surface area contributed by atoms with Crippen LogP contribution in [0, 0.1) is 10.1 Å². The van der Waals surface area contributed by atoms with E-state index in [2.05, 4.69) is 20.7 Å². The molecule has 0 unspecified atom stereocenters. The largest absolute Gasteiger partial charge is 0.573 e. The van der Waals surface area contributed by atoms with Crippen molar-refractivity contribution in [2.75, 3.05) is 23.1 Å². The Morgan fingerprint density at radius 2 is 1.55 bits per heavy atom. The van der Waals surface area contributed by atoms with Crippen LogP contribution < -0.4 is 25.4 Å². The van der Waals surface area contributed by atoms with Crippen LogP contribution in [0.25, 0.3) is 11.1 Å². The van der Waals surface area contributed by atoms with Gasteiger partial charge in [-0.3, -0.25) is 19.7 Å². The number of amides is 2. The Bertz CT molecular complexity index is 1790. The van der Waals surface area contributed by atoms with Crippen LogP contribution in [0.15, 0.2) is 78.9 Å². The summed E-state index contributed by atoms with van der Waals surface area (Å²) in [5, 5.41) is 20.1. The number of benzene rings is 4. The number of nitro benzene ring substituents is 1. The lowest BCUT2D eigenvalue weighted by Crippen LogP contribution is -2.34. The van der Waals surface area contributed by atoms with Crippen LogP contribution >= 0.6 is 0 Å². The first kappa shape index (κ1) is 29.9. The fourth-order valence-electron chi connectivity index (χ4n) is 4.67. The van der Waals surface area contributed by atoms with E-state index in [-0.39, 0.29) is 23.0 Å². The molecule has 3 N–H and O–H groups in total. The van der Waals surface area contributed by atoms with Crippen molar-refractivity contribution in [2.45, 2.75) is 25.6 Å². The highest BCUT2D eigenvalue weighted by Crippen LogP contribution is 2.39. The van der Waals surface area contributed by atoms with Gasteiger partial charge in [0.15, 0.2) is 5.75 Å². The summed E-state index contributed by atoms with van der Waals surface area (Å²) >= 11 is 0. The molecule has 10 nitrogen and oxygen atoms in total. The van der Waals surface area contributed by atoms with E-state index in [1.54, 1.807) is 62.4 Å². The second kappa shape index (κ2) is 11.2. The standard InChI is InChI=1S/C31H25F3N4O6/c1-30(2,29(40)35-20-7-9-21(10-8-20)44-31(32,33)34)19-6-12-23-25(16-19)37-28(39)22-11-4-17(14-24(22)36-23)18-5-13-26(38(41)42)27(15-18)43-3/h4-16,36H,1-3H3,(H,35,40)(H,37,39). The molecule has 0 fully saturated rings. The number of hydrogen-bond acceptors (Lipinski definition) is 7. The Morgan fingerprint density at radius 1 is 0.864 bits per heavy atom. The lowest BCUT2D eigenvalue weighted by atomic mass is 9.83. The Hall–Kier alpha value is -5.59. The molecule has 4 aromatic rings. The zero-order valence-electron chi connectivity index (χ0n) is 23.5.